The lowest BCUT2D eigenvalue weighted by molar-refractivity contribution is 0.0950. The number of methoxy groups -OCH3 is 1. The van der Waals surface area contributed by atoms with Crippen LogP contribution in [0.25, 0.3) is 34.0 Å². The van der Waals surface area contributed by atoms with E-state index in [1.54, 1.807) is 13.2 Å². The van der Waals surface area contributed by atoms with Gasteiger partial charge >= 0.3 is 0 Å². The maximum atomic E-state index is 14.8. The number of aromatic amines is 1. The number of tetrazole rings is 1. The van der Waals surface area contributed by atoms with Gasteiger partial charge in [0.25, 0.3) is 11.8 Å². The van der Waals surface area contributed by atoms with Gasteiger partial charge in [-0.1, -0.05) is 41.6 Å². The van der Waals surface area contributed by atoms with Crippen LogP contribution in [0.15, 0.2) is 65.2 Å². The van der Waals surface area contributed by atoms with Gasteiger partial charge in [-0.3, -0.25) is 4.79 Å². The first-order chi connectivity index (χ1) is 18.5. The summed E-state index contributed by atoms with van der Waals surface area (Å²) in [6.45, 7) is 2.72. The van der Waals surface area contributed by atoms with Crippen molar-refractivity contribution in [3.8, 4) is 34.0 Å². The molecular formula is C27H24FN7O3. The van der Waals surface area contributed by atoms with Crippen molar-refractivity contribution in [1.29, 1.82) is 0 Å². The highest BCUT2D eigenvalue weighted by Gasteiger charge is 2.17. The van der Waals surface area contributed by atoms with Crippen molar-refractivity contribution in [1.82, 2.24) is 36.1 Å². The van der Waals surface area contributed by atoms with E-state index in [2.05, 4.69) is 55.1 Å². The molecular weight excluding hydrogens is 489 g/mol. The number of benzene rings is 3. The zero-order chi connectivity index (χ0) is 26.5. The number of carbonyl (C=O) groups is 1. The van der Waals surface area contributed by atoms with E-state index >= 15 is 0 Å². The summed E-state index contributed by atoms with van der Waals surface area (Å²) in [7, 11) is 1.64. The topological polar surface area (TPSA) is 132 Å². The summed E-state index contributed by atoms with van der Waals surface area (Å²) < 4.78 is 25.7. The van der Waals surface area contributed by atoms with E-state index in [0.717, 1.165) is 22.3 Å². The first-order valence-electron chi connectivity index (χ1n) is 11.9. The average Bonchev–Trinajstić information content (AvgIpc) is 3.62. The van der Waals surface area contributed by atoms with Crippen molar-refractivity contribution < 1.29 is 18.4 Å². The van der Waals surface area contributed by atoms with Gasteiger partial charge in [-0.05, 0) is 63.9 Å². The highest BCUT2D eigenvalue weighted by Crippen LogP contribution is 2.32. The van der Waals surface area contributed by atoms with E-state index in [9.17, 15) is 9.18 Å². The van der Waals surface area contributed by atoms with Gasteiger partial charge < -0.3 is 14.6 Å². The zero-order valence-electron chi connectivity index (χ0n) is 20.7. The van der Waals surface area contributed by atoms with Gasteiger partial charge in [0, 0.05) is 31.2 Å². The van der Waals surface area contributed by atoms with Crippen molar-refractivity contribution in [3.05, 3.63) is 89.0 Å². The zero-order valence-corrected chi connectivity index (χ0v) is 20.7. The lowest BCUT2D eigenvalue weighted by Crippen LogP contribution is -2.26. The van der Waals surface area contributed by atoms with Crippen LogP contribution in [0, 0.1) is 12.7 Å². The highest BCUT2D eigenvalue weighted by atomic mass is 19.1. The molecule has 1 amide bonds. The Morgan fingerprint density at radius 1 is 1.08 bits per heavy atom. The van der Waals surface area contributed by atoms with Crippen molar-refractivity contribution in [2.75, 3.05) is 13.7 Å². The standard InChI is InChI=1S/C27H24FN7O3/c1-16-5-3-4-6-20(16)21-9-8-18(13-19(21)15-37-2)27-30-25(33-38-27)17-7-10-22(23(28)14-17)26(36)29-12-11-24-31-34-35-32-24/h3-10,13-14H,11-12,15H2,1-2H3,(H,29,36)(H,31,32,34,35). The van der Waals surface area contributed by atoms with E-state index in [1.165, 1.54) is 12.1 Å². The minimum atomic E-state index is -0.697. The molecule has 0 bridgehead atoms. The smallest absolute Gasteiger partial charge is 0.258 e. The average molecular weight is 514 g/mol. The van der Waals surface area contributed by atoms with Gasteiger partial charge in [-0.2, -0.15) is 4.98 Å². The van der Waals surface area contributed by atoms with Crippen LogP contribution in [0.3, 0.4) is 0 Å². The first-order valence-corrected chi connectivity index (χ1v) is 11.9. The number of aromatic nitrogens is 6. The van der Waals surface area contributed by atoms with Gasteiger partial charge in [0.2, 0.25) is 5.82 Å². The number of halogens is 1. The number of nitrogens with one attached hydrogen (secondary N) is 2. The molecule has 0 atom stereocenters. The van der Waals surface area contributed by atoms with Gasteiger partial charge in [0.1, 0.15) is 11.6 Å². The molecule has 38 heavy (non-hydrogen) atoms. The van der Waals surface area contributed by atoms with Crippen LogP contribution < -0.4 is 5.32 Å². The number of amides is 1. The molecule has 10 nitrogen and oxygen atoms in total. The summed E-state index contributed by atoms with van der Waals surface area (Å²) in [5, 5.41) is 19.9. The molecule has 2 N–H and O–H groups in total. The number of hydrogen-bond acceptors (Lipinski definition) is 8. The van der Waals surface area contributed by atoms with E-state index in [0.29, 0.717) is 30.0 Å². The minimum absolute atomic E-state index is 0.0934. The van der Waals surface area contributed by atoms with Crippen molar-refractivity contribution in [3.63, 3.8) is 0 Å². The van der Waals surface area contributed by atoms with Crippen LogP contribution in [0.1, 0.15) is 27.3 Å². The van der Waals surface area contributed by atoms with E-state index in [4.69, 9.17) is 9.26 Å². The van der Waals surface area contributed by atoms with E-state index in [-0.39, 0.29) is 23.8 Å². The van der Waals surface area contributed by atoms with Crippen LogP contribution in [-0.4, -0.2) is 50.3 Å². The first kappa shape index (κ1) is 24.9. The largest absolute Gasteiger partial charge is 0.380 e. The second kappa shape index (κ2) is 11.1. The predicted octanol–water partition coefficient (Wildman–Crippen LogP) is 4.15. The van der Waals surface area contributed by atoms with Crippen LogP contribution in [0.4, 0.5) is 4.39 Å². The number of carbonyl (C=O) groups excluding carboxylic acids is 1. The minimum Gasteiger partial charge on any atom is -0.380 e. The number of rotatable bonds is 9. The number of ether oxygens (including phenoxy) is 1. The number of aryl methyl sites for hydroxylation is 1. The monoisotopic (exact) mass is 513 g/mol. The molecule has 192 valence electrons. The molecule has 0 radical (unpaired) electrons. The molecule has 2 heterocycles. The van der Waals surface area contributed by atoms with Gasteiger partial charge in [0.15, 0.2) is 0 Å². The van der Waals surface area contributed by atoms with E-state index in [1.807, 2.05) is 30.3 Å². The predicted molar refractivity (Wildman–Crippen MR) is 136 cm³/mol. The molecule has 0 fully saturated rings. The Kier molecular flexibility index (Phi) is 7.27. The Labute approximate surface area is 217 Å². The molecule has 11 heteroatoms. The Morgan fingerprint density at radius 2 is 1.92 bits per heavy atom. The maximum Gasteiger partial charge on any atom is 0.258 e. The fourth-order valence-corrected chi connectivity index (χ4v) is 4.11. The lowest BCUT2D eigenvalue weighted by Gasteiger charge is -2.12. The van der Waals surface area contributed by atoms with Crippen LogP contribution in [0.2, 0.25) is 0 Å². The summed E-state index contributed by atoms with van der Waals surface area (Å²) in [4.78, 5) is 16.9. The Hall–Kier alpha value is -4.77. The van der Waals surface area contributed by atoms with E-state index < -0.39 is 11.7 Å². The Morgan fingerprint density at radius 3 is 2.68 bits per heavy atom. The third kappa shape index (κ3) is 5.32. The highest BCUT2D eigenvalue weighted by molar-refractivity contribution is 5.94. The normalized spacial score (nSPS) is 11.0. The van der Waals surface area contributed by atoms with Crippen molar-refractivity contribution >= 4 is 5.91 Å². The molecule has 0 saturated carbocycles. The van der Waals surface area contributed by atoms with Crippen LogP contribution in [0.5, 0.6) is 0 Å². The molecule has 2 aromatic heterocycles. The fourth-order valence-electron chi connectivity index (χ4n) is 4.11. The molecule has 0 spiro atoms. The molecule has 5 aromatic rings. The number of hydrogen-bond donors (Lipinski definition) is 2. The lowest BCUT2D eigenvalue weighted by atomic mass is 9.94. The Balaban J connectivity index is 1.34. The summed E-state index contributed by atoms with van der Waals surface area (Å²) in [6, 6.07) is 18.2. The number of H-pyrrole nitrogens is 1. The van der Waals surface area contributed by atoms with Gasteiger partial charge in [-0.25, -0.2) is 9.49 Å². The van der Waals surface area contributed by atoms with Gasteiger partial charge in [-0.15, -0.1) is 5.10 Å². The SMILES string of the molecule is COCc1cc(-c2nc(-c3ccc(C(=O)NCCc4nnn[nH]4)c(F)c3)no2)ccc1-c1ccccc1C. The summed E-state index contributed by atoms with van der Waals surface area (Å²) in [5.74, 6) is -0.224. The van der Waals surface area contributed by atoms with Crippen molar-refractivity contribution in [2.24, 2.45) is 0 Å². The molecule has 3 aromatic carbocycles. The summed E-state index contributed by atoms with van der Waals surface area (Å²) in [6.07, 6.45) is 0.391. The second-order valence-corrected chi connectivity index (χ2v) is 8.59. The van der Waals surface area contributed by atoms with Gasteiger partial charge in [0.05, 0.1) is 12.2 Å². The molecule has 0 unspecified atom stereocenters. The molecule has 0 aliphatic rings. The summed E-state index contributed by atoms with van der Waals surface area (Å²) in [5.41, 5.74) is 5.31. The molecule has 0 saturated heterocycles. The third-order valence-corrected chi connectivity index (χ3v) is 6.02. The van der Waals surface area contributed by atoms with Crippen molar-refractivity contribution in [2.45, 2.75) is 20.0 Å². The number of nitrogens with zero attached hydrogens (tertiary/aromatic N) is 5. The summed E-state index contributed by atoms with van der Waals surface area (Å²) >= 11 is 0. The second-order valence-electron chi connectivity index (χ2n) is 8.59. The fraction of sp³-hybridized carbons (Fsp3) is 0.185. The third-order valence-electron chi connectivity index (χ3n) is 6.02. The molecule has 0 aliphatic carbocycles. The van der Waals surface area contributed by atoms with Crippen LogP contribution >= 0.6 is 0 Å². The molecule has 5 rings (SSSR count). The quantitative estimate of drug-likeness (QED) is 0.300. The maximum absolute atomic E-state index is 14.8. The van der Waals surface area contributed by atoms with Crippen LogP contribution in [-0.2, 0) is 17.8 Å². The Bertz CT molecular complexity index is 1570. The molecule has 0 aliphatic heterocycles.